The maximum Gasteiger partial charge on any atom is 0.244 e. The van der Waals surface area contributed by atoms with E-state index in [-0.39, 0.29) is 12.6 Å². The van der Waals surface area contributed by atoms with E-state index in [4.69, 9.17) is 6.42 Å². The highest BCUT2D eigenvalue weighted by molar-refractivity contribution is 7.89. The third-order valence-electron chi connectivity index (χ3n) is 3.47. The highest BCUT2D eigenvalue weighted by Crippen LogP contribution is 2.24. The number of terminal acetylenes is 1. The minimum Gasteiger partial charge on any atom is -0.207 e. The smallest absolute Gasteiger partial charge is 0.207 e. The van der Waals surface area contributed by atoms with E-state index in [9.17, 15) is 8.42 Å². The second-order valence-electron chi connectivity index (χ2n) is 4.99. The number of benzene rings is 1. The highest BCUT2D eigenvalue weighted by Gasteiger charge is 2.29. The van der Waals surface area contributed by atoms with E-state index in [1.165, 1.54) is 4.31 Å². The summed E-state index contributed by atoms with van der Waals surface area (Å²) in [5, 5.41) is 0. The standard InChI is InChI=1S/C16H19NO2S/c1-3-13-17(15-7-5-4-6-8-15)20(18,19)16-11-9-14(2)10-12-16/h1,5,7,9-12,15H,4,6,8,13H2,2H3/t15-/m0/s1. The molecule has 0 bridgehead atoms. The van der Waals surface area contributed by atoms with E-state index in [1.54, 1.807) is 24.3 Å². The Morgan fingerprint density at radius 1 is 1.35 bits per heavy atom. The van der Waals surface area contributed by atoms with E-state index in [1.807, 2.05) is 19.1 Å². The molecule has 1 atom stereocenters. The lowest BCUT2D eigenvalue weighted by Crippen LogP contribution is -2.40. The van der Waals surface area contributed by atoms with Crippen molar-refractivity contribution in [1.29, 1.82) is 0 Å². The van der Waals surface area contributed by atoms with Gasteiger partial charge in [0.1, 0.15) is 0 Å². The van der Waals surface area contributed by atoms with Crippen molar-refractivity contribution >= 4 is 10.0 Å². The molecule has 4 heteroatoms. The maximum absolute atomic E-state index is 12.7. The molecule has 0 amide bonds. The van der Waals surface area contributed by atoms with Gasteiger partial charge < -0.3 is 0 Å². The molecule has 106 valence electrons. The molecule has 2 rings (SSSR count). The Kier molecular flexibility index (Phi) is 4.64. The summed E-state index contributed by atoms with van der Waals surface area (Å²) in [6.07, 6.45) is 12.2. The summed E-state index contributed by atoms with van der Waals surface area (Å²) in [6, 6.07) is 6.75. The Morgan fingerprint density at radius 3 is 2.60 bits per heavy atom. The van der Waals surface area contributed by atoms with Crippen LogP contribution in [0.25, 0.3) is 0 Å². The van der Waals surface area contributed by atoms with Gasteiger partial charge in [-0.3, -0.25) is 0 Å². The molecule has 0 fully saturated rings. The molecule has 0 N–H and O–H groups in total. The fourth-order valence-corrected chi connectivity index (χ4v) is 3.88. The molecule has 0 radical (unpaired) electrons. The molecule has 3 nitrogen and oxygen atoms in total. The van der Waals surface area contributed by atoms with Gasteiger partial charge >= 0.3 is 0 Å². The molecular formula is C16H19NO2S. The monoisotopic (exact) mass is 289 g/mol. The van der Waals surface area contributed by atoms with Gasteiger partial charge in [0, 0.05) is 6.04 Å². The number of sulfonamides is 1. The van der Waals surface area contributed by atoms with E-state index in [0.717, 1.165) is 24.8 Å². The van der Waals surface area contributed by atoms with Gasteiger partial charge in [-0.2, -0.15) is 4.31 Å². The summed E-state index contributed by atoms with van der Waals surface area (Å²) >= 11 is 0. The number of allylic oxidation sites excluding steroid dienone is 1. The minimum atomic E-state index is -3.54. The van der Waals surface area contributed by atoms with E-state index in [0.29, 0.717) is 4.90 Å². The maximum atomic E-state index is 12.7. The second kappa shape index (κ2) is 6.25. The van der Waals surface area contributed by atoms with Crippen molar-refractivity contribution in [3.8, 4) is 12.3 Å². The number of hydrogen-bond donors (Lipinski definition) is 0. The SMILES string of the molecule is C#CCN([C@H]1C=CCCC1)S(=O)(=O)c1ccc(C)cc1. The molecular weight excluding hydrogens is 270 g/mol. The van der Waals surface area contributed by atoms with Crippen LogP contribution in [0.3, 0.4) is 0 Å². The molecule has 1 aliphatic rings. The van der Waals surface area contributed by atoms with Crippen molar-refractivity contribution < 1.29 is 8.42 Å². The van der Waals surface area contributed by atoms with E-state index < -0.39 is 10.0 Å². The number of hydrogen-bond acceptors (Lipinski definition) is 2. The molecule has 20 heavy (non-hydrogen) atoms. The lowest BCUT2D eigenvalue weighted by Gasteiger charge is -2.29. The molecule has 0 aromatic heterocycles. The first-order valence-electron chi connectivity index (χ1n) is 6.74. The summed E-state index contributed by atoms with van der Waals surface area (Å²) in [5.41, 5.74) is 1.03. The molecule has 0 aliphatic heterocycles. The van der Waals surface area contributed by atoms with Gasteiger partial charge in [0.05, 0.1) is 11.4 Å². The molecule has 1 aromatic rings. The largest absolute Gasteiger partial charge is 0.244 e. The lowest BCUT2D eigenvalue weighted by atomic mass is 10.0. The van der Waals surface area contributed by atoms with Crippen LogP contribution in [0.15, 0.2) is 41.3 Å². The molecule has 0 spiro atoms. The number of rotatable bonds is 4. The Morgan fingerprint density at radius 2 is 2.05 bits per heavy atom. The molecule has 1 aromatic carbocycles. The lowest BCUT2D eigenvalue weighted by molar-refractivity contribution is 0.365. The first-order valence-corrected chi connectivity index (χ1v) is 8.18. The van der Waals surface area contributed by atoms with Crippen LogP contribution in [0.1, 0.15) is 24.8 Å². The van der Waals surface area contributed by atoms with Crippen molar-refractivity contribution in [3.63, 3.8) is 0 Å². The summed E-state index contributed by atoms with van der Waals surface area (Å²) in [4.78, 5) is 0.303. The molecule has 0 saturated carbocycles. The first-order chi connectivity index (χ1) is 9.55. The van der Waals surface area contributed by atoms with Crippen LogP contribution in [-0.2, 0) is 10.0 Å². The van der Waals surface area contributed by atoms with Crippen LogP contribution in [0.5, 0.6) is 0 Å². The average molecular weight is 289 g/mol. The molecule has 0 saturated heterocycles. The normalized spacial score (nSPS) is 18.9. The predicted molar refractivity (Wildman–Crippen MR) is 80.7 cm³/mol. The third kappa shape index (κ3) is 3.12. The fourth-order valence-electron chi connectivity index (χ4n) is 2.35. The molecule has 1 aliphatic carbocycles. The topological polar surface area (TPSA) is 37.4 Å². The minimum absolute atomic E-state index is 0.102. The predicted octanol–water partition coefficient (Wildman–Crippen LogP) is 2.73. The third-order valence-corrected chi connectivity index (χ3v) is 5.36. The van der Waals surface area contributed by atoms with E-state index >= 15 is 0 Å². The van der Waals surface area contributed by atoms with Gasteiger partial charge in [0.25, 0.3) is 0 Å². The second-order valence-corrected chi connectivity index (χ2v) is 6.88. The van der Waals surface area contributed by atoms with Crippen molar-refractivity contribution in [2.45, 2.75) is 37.1 Å². The van der Waals surface area contributed by atoms with Crippen LogP contribution in [0, 0.1) is 19.3 Å². The van der Waals surface area contributed by atoms with Crippen LogP contribution < -0.4 is 0 Å². The Bertz CT molecular complexity index is 623. The zero-order valence-corrected chi connectivity index (χ0v) is 12.4. The Balaban J connectivity index is 2.36. The van der Waals surface area contributed by atoms with Crippen molar-refractivity contribution in [1.82, 2.24) is 4.31 Å². The number of nitrogens with zero attached hydrogens (tertiary/aromatic N) is 1. The van der Waals surface area contributed by atoms with Crippen molar-refractivity contribution in [3.05, 3.63) is 42.0 Å². The highest BCUT2D eigenvalue weighted by atomic mass is 32.2. The summed E-state index contributed by atoms with van der Waals surface area (Å²) < 4.78 is 26.9. The summed E-state index contributed by atoms with van der Waals surface area (Å²) in [5.74, 6) is 2.47. The van der Waals surface area contributed by atoms with Crippen LogP contribution in [0.4, 0.5) is 0 Å². The van der Waals surface area contributed by atoms with Crippen LogP contribution in [0.2, 0.25) is 0 Å². The van der Waals surface area contributed by atoms with Gasteiger partial charge in [-0.1, -0.05) is 35.8 Å². The molecule has 0 unspecified atom stereocenters. The van der Waals surface area contributed by atoms with Crippen LogP contribution in [-0.4, -0.2) is 25.3 Å². The van der Waals surface area contributed by atoms with Gasteiger partial charge in [-0.15, -0.1) is 6.42 Å². The Labute approximate surface area is 121 Å². The first kappa shape index (κ1) is 14.8. The van der Waals surface area contributed by atoms with Crippen molar-refractivity contribution in [2.24, 2.45) is 0 Å². The summed E-state index contributed by atoms with van der Waals surface area (Å²) in [6.45, 7) is 2.03. The molecule has 0 heterocycles. The summed E-state index contributed by atoms with van der Waals surface area (Å²) in [7, 11) is -3.54. The fraction of sp³-hybridized carbons (Fsp3) is 0.375. The zero-order valence-electron chi connectivity index (χ0n) is 11.6. The van der Waals surface area contributed by atoms with Gasteiger partial charge in [-0.25, -0.2) is 8.42 Å². The zero-order chi connectivity index (χ0) is 14.6. The quantitative estimate of drug-likeness (QED) is 0.631. The number of aryl methyl sites for hydroxylation is 1. The van der Waals surface area contributed by atoms with Crippen molar-refractivity contribution in [2.75, 3.05) is 6.54 Å². The van der Waals surface area contributed by atoms with E-state index in [2.05, 4.69) is 5.92 Å². The van der Waals surface area contributed by atoms with Gasteiger partial charge in [0.15, 0.2) is 0 Å². The van der Waals surface area contributed by atoms with Crippen LogP contribution >= 0.6 is 0 Å². The average Bonchev–Trinajstić information content (AvgIpc) is 2.46. The Hall–Kier alpha value is -1.57. The van der Waals surface area contributed by atoms with Gasteiger partial charge in [0.2, 0.25) is 10.0 Å². The van der Waals surface area contributed by atoms with Gasteiger partial charge in [-0.05, 0) is 38.3 Å².